The number of carbonyl (C=O) groups excluding carboxylic acids is 2. The Kier molecular flexibility index (Phi) is 13.3. The summed E-state index contributed by atoms with van der Waals surface area (Å²) in [5, 5.41) is 17.7. The van der Waals surface area contributed by atoms with Crippen LogP contribution in [0, 0.1) is 5.82 Å². The lowest BCUT2D eigenvalue weighted by atomic mass is 9.99. The number of hydrogen-bond acceptors (Lipinski definition) is 8. The topological polar surface area (TPSA) is 104 Å². The number of Topliss-reactive ketones (excluding diaryl/α,β-unsaturated/α-hetero) is 1. The van der Waals surface area contributed by atoms with Crippen LogP contribution in [0.3, 0.4) is 0 Å². The molecule has 0 aliphatic carbocycles. The molecule has 4 rings (SSSR count). The average molecular weight is 575 g/mol. The van der Waals surface area contributed by atoms with E-state index in [0.717, 1.165) is 23.3 Å². The molecule has 3 N–H and O–H groups in total. The van der Waals surface area contributed by atoms with Crippen LogP contribution >= 0.6 is 11.8 Å². The molecule has 1 amide bonds. The summed E-state index contributed by atoms with van der Waals surface area (Å²) in [6.07, 6.45) is 7.99. The summed E-state index contributed by atoms with van der Waals surface area (Å²) >= 11 is 1.63. The van der Waals surface area contributed by atoms with Gasteiger partial charge in [-0.3, -0.25) is 14.6 Å². The highest BCUT2D eigenvalue weighted by Gasteiger charge is 2.28. The van der Waals surface area contributed by atoms with Gasteiger partial charge in [0.15, 0.2) is 17.3 Å². The number of benzene rings is 1. The highest BCUT2D eigenvalue weighted by molar-refractivity contribution is 7.98. The van der Waals surface area contributed by atoms with Gasteiger partial charge in [-0.15, -0.1) is 0 Å². The smallest absolute Gasteiger partial charge is 0.222 e. The van der Waals surface area contributed by atoms with E-state index in [1.807, 2.05) is 12.5 Å². The van der Waals surface area contributed by atoms with Gasteiger partial charge >= 0.3 is 0 Å². The van der Waals surface area contributed by atoms with E-state index in [4.69, 9.17) is 4.74 Å². The van der Waals surface area contributed by atoms with E-state index < -0.39 is 24.0 Å². The van der Waals surface area contributed by atoms with E-state index in [1.54, 1.807) is 42.0 Å². The van der Waals surface area contributed by atoms with Crippen molar-refractivity contribution in [3.63, 3.8) is 0 Å². The van der Waals surface area contributed by atoms with Gasteiger partial charge in [0.05, 0.1) is 25.3 Å². The Balaban J connectivity index is 1.76. The van der Waals surface area contributed by atoms with Crippen molar-refractivity contribution in [2.24, 2.45) is 0 Å². The number of pyridine rings is 1. The first-order chi connectivity index (χ1) is 19.3. The normalized spacial score (nSPS) is 20.3. The van der Waals surface area contributed by atoms with Crippen molar-refractivity contribution < 1.29 is 23.8 Å². The molecule has 3 heterocycles. The third-order valence-electron chi connectivity index (χ3n) is 7.27. The zero-order chi connectivity index (χ0) is 28.9. The number of nitrogens with one attached hydrogen (secondary N) is 2. The number of likely N-dealkylation sites (N-methyl/N-ethyl adjacent to an activating group) is 1. The maximum atomic E-state index is 14.8. The number of rotatable bonds is 9. The molecule has 0 fully saturated rings. The van der Waals surface area contributed by atoms with Gasteiger partial charge in [0.2, 0.25) is 5.91 Å². The van der Waals surface area contributed by atoms with E-state index >= 15 is 0 Å². The molecule has 0 saturated heterocycles. The van der Waals surface area contributed by atoms with E-state index in [1.165, 1.54) is 6.07 Å². The third kappa shape index (κ3) is 9.83. The molecule has 0 spiro atoms. The summed E-state index contributed by atoms with van der Waals surface area (Å²) in [6, 6.07) is 5.81. The van der Waals surface area contributed by atoms with E-state index in [9.17, 15) is 19.1 Å². The van der Waals surface area contributed by atoms with Crippen molar-refractivity contribution in [1.29, 1.82) is 0 Å². The Hall–Kier alpha value is -2.53. The number of halogens is 1. The number of ether oxygens (including phenoxy) is 1. The number of carbonyl (C=O) groups is 2. The lowest BCUT2D eigenvalue weighted by Crippen LogP contribution is -2.51. The van der Waals surface area contributed by atoms with Gasteiger partial charge < -0.3 is 25.4 Å². The Morgan fingerprint density at radius 2 is 2.05 bits per heavy atom. The minimum atomic E-state index is -0.861. The zero-order valence-electron chi connectivity index (χ0n) is 23.8. The molecule has 1 aromatic heterocycles. The first-order valence-corrected chi connectivity index (χ1v) is 15.4. The maximum Gasteiger partial charge on any atom is 0.222 e. The van der Waals surface area contributed by atoms with E-state index in [-0.39, 0.29) is 30.5 Å². The molecule has 3 atom stereocenters. The summed E-state index contributed by atoms with van der Waals surface area (Å²) in [7, 11) is 1.68. The van der Waals surface area contributed by atoms with Crippen LogP contribution in [0.15, 0.2) is 36.7 Å². The quantitative estimate of drug-likeness (QED) is 0.420. The van der Waals surface area contributed by atoms with Crippen molar-refractivity contribution in [3.8, 4) is 5.75 Å². The molecule has 1 unspecified atom stereocenters. The Labute approximate surface area is 241 Å². The highest BCUT2D eigenvalue weighted by atomic mass is 32.2. The minimum absolute atomic E-state index is 0.00939. The molecule has 10 heteroatoms. The second-order valence-corrected chi connectivity index (χ2v) is 11.3. The maximum absolute atomic E-state index is 14.8. The summed E-state index contributed by atoms with van der Waals surface area (Å²) in [5.74, 6) is 0.240. The van der Waals surface area contributed by atoms with Gasteiger partial charge in [-0.05, 0) is 72.9 Å². The second-order valence-electron chi connectivity index (χ2n) is 10.3. The summed E-state index contributed by atoms with van der Waals surface area (Å²) < 4.78 is 20.4. The number of aliphatic hydroxyl groups excluding tert-OH is 1. The number of amides is 1. The number of hydrogen-bond donors (Lipinski definition) is 3. The highest BCUT2D eigenvalue weighted by Crippen LogP contribution is 2.21. The van der Waals surface area contributed by atoms with Crippen LogP contribution in [0.25, 0.3) is 0 Å². The lowest BCUT2D eigenvalue weighted by molar-refractivity contribution is -0.138. The monoisotopic (exact) mass is 574 g/mol. The minimum Gasteiger partial charge on any atom is -0.491 e. The van der Waals surface area contributed by atoms with Crippen LogP contribution in [0.4, 0.5) is 4.39 Å². The van der Waals surface area contributed by atoms with Crippen molar-refractivity contribution in [2.45, 2.75) is 70.2 Å². The van der Waals surface area contributed by atoms with Crippen LogP contribution in [-0.2, 0) is 29.0 Å². The van der Waals surface area contributed by atoms with Crippen LogP contribution in [0.2, 0.25) is 0 Å². The van der Waals surface area contributed by atoms with Gasteiger partial charge in [0.25, 0.3) is 0 Å². The number of fused-ring (bicyclic) bond motifs is 14. The number of ketones is 1. The molecule has 2 aromatic rings. The lowest BCUT2D eigenvalue weighted by Gasteiger charge is -2.29. The number of nitrogens with zero attached hydrogens (tertiary/aromatic N) is 2. The van der Waals surface area contributed by atoms with Gasteiger partial charge in [-0.1, -0.05) is 19.1 Å². The fourth-order valence-electron chi connectivity index (χ4n) is 4.78. The second kappa shape index (κ2) is 16.7. The molecule has 2 bridgehead atoms. The Bertz CT molecular complexity index is 1110. The standard InChI is InChI=1S/C30H43FN4O4S/c1-4-21-13-23(17-32-16-21)18-33-19-27(36)25-15-22-8-9-29(24(31)14-22)39-11-6-5-7-30(38)35(2)26(10-12-40-3)28(37)20-34-25/h8-9,13-14,16-17,25-27,33-34,36H,4-7,10-12,15,18-20H2,1-3H3/t25-,26?,27+/m0/s1. The summed E-state index contributed by atoms with van der Waals surface area (Å²) in [5.41, 5.74) is 2.84. The molecule has 0 saturated carbocycles. The van der Waals surface area contributed by atoms with Crippen molar-refractivity contribution in [1.82, 2.24) is 20.5 Å². The molecule has 220 valence electrons. The molecular weight excluding hydrogens is 531 g/mol. The fraction of sp³-hybridized carbons (Fsp3) is 0.567. The number of thioether (sulfide) groups is 1. The summed E-state index contributed by atoms with van der Waals surface area (Å²) in [4.78, 5) is 32.1. The fourth-order valence-corrected chi connectivity index (χ4v) is 5.24. The molecule has 2 aliphatic heterocycles. The zero-order valence-corrected chi connectivity index (χ0v) is 24.6. The van der Waals surface area contributed by atoms with E-state index in [2.05, 4.69) is 28.6 Å². The van der Waals surface area contributed by atoms with Gasteiger partial charge in [-0.2, -0.15) is 11.8 Å². The van der Waals surface area contributed by atoms with Crippen molar-refractivity contribution in [3.05, 3.63) is 59.2 Å². The average Bonchev–Trinajstić information content (AvgIpc) is 2.95. The van der Waals surface area contributed by atoms with Crippen molar-refractivity contribution >= 4 is 23.5 Å². The summed E-state index contributed by atoms with van der Waals surface area (Å²) in [6.45, 7) is 3.16. The molecular formula is C30H43FN4O4S. The largest absolute Gasteiger partial charge is 0.491 e. The Morgan fingerprint density at radius 1 is 1.25 bits per heavy atom. The predicted molar refractivity (Wildman–Crippen MR) is 157 cm³/mol. The predicted octanol–water partition coefficient (Wildman–Crippen LogP) is 3.15. The number of aromatic nitrogens is 1. The first-order valence-electron chi connectivity index (χ1n) is 14.1. The molecule has 0 radical (unpaired) electrons. The SMILES string of the molecule is CCc1cncc(CNC[C@@H](O)[C@@H]2Cc3ccc(c(F)c3)OCCCCC(=O)N(C)C(CCSC)C(=O)CN2)c1. The van der Waals surface area contributed by atoms with Crippen LogP contribution in [0.1, 0.15) is 49.3 Å². The molecule has 2 aliphatic rings. The molecule has 1 aromatic carbocycles. The van der Waals surface area contributed by atoms with Crippen molar-refractivity contribution in [2.75, 3.05) is 38.8 Å². The number of aryl methyl sites for hydroxylation is 1. The third-order valence-corrected chi connectivity index (χ3v) is 7.91. The first kappa shape index (κ1) is 32.0. The Morgan fingerprint density at radius 3 is 2.80 bits per heavy atom. The molecule has 40 heavy (non-hydrogen) atoms. The van der Waals surface area contributed by atoms with E-state index in [0.29, 0.717) is 50.8 Å². The van der Waals surface area contributed by atoms with Crippen LogP contribution < -0.4 is 15.4 Å². The molecule has 8 nitrogen and oxygen atoms in total. The van der Waals surface area contributed by atoms with Gasteiger partial charge in [0, 0.05) is 45.0 Å². The van der Waals surface area contributed by atoms with Crippen LogP contribution in [0.5, 0.6) is 5.75 Å². The van der Waals surface area contributed by atoms with Crippen LogP contribution in [-0.4, -0.2) is 83.6 Å². The van der Waals surface area contributed by atoms with Gasteiger partial charge in [0.1, 0.15) is 0 Å². The number of aliphatic hydroxyl groups is 1. The van der Waals surface area contributed by atoms with Gasteiger partial charge in [-0.25, -0.2) is 4.39 Å².